The van der Waals surface area contributed by atoms with Crippen LogP contribution in [0, 0.1) is 0 Å². The van der Waals surface area contributed by atoms with Crippen LogP contribution in [-0.4, -0.2) is 31.6 Å². The van der Waals surface area contributed by atoms with E-state index in [4.69, 9.17) is 10.3 Å². The summed E-state index contributed by atoms with van der Waals surface area (Å²) in [5.74, 6) is 0. The SMILES string of the molecule is CC(C)O.On1nnc2ccccc21. The third kappa shape index (κ3) is 2.70. The van der Waals surface area contributed by atoms with Crippen molar-refractivity contribution in [2.45, 2.75) is 20.0 Å². The predicted molar refractivity (Wildman–Crippen MR) is 52.1 cm³/mol. The van der Waals surface area contributed by atoms with Crippen molar-refractivity contribution in [3.8, 4) is 0 Å². The van der Waals surface area contributed by atoms with Crippen molar-refractivity contribution in [3.63, 3.8) is 0 Å². The standard InChI is InChI=1S/C6H5N3O.C3H8O/c10-9-6-4-2-1-3-5(6)7-8-9;1-3(2)4/h1-4,10H;3-4H,1-2H3. The van der Waals surface area contributed by atoms with Gasteiger partial charge in [0.1, 0.15) is 11.0 Å². The Morgan fingerprint density at radius 1 is 1.29 bits per heavy atom. The fourth-order valence-corrected chi connectivity index (χ4v) is 0.857. The molecule has 5 nitrogen and oxygen atoms in total. The quantitative estimate of drug-likeness (QED) is 0.616. The van der Waals surface area contributed by atoms with E-state index < -0.39 is 0 Å². The maximum absolute atomic E-state index is 8.95. The lowest BCUT2D eigenvalue weighted by Crippen LogP contribution is -1.90. The summed E-state index contributed by atoms with van der Waals surface area (Å²) in [5, 5.41) is 24.1. The summed E-state index contributed by atoms with van der Waals surface area (Å²) in [4.78, 5) is 0.759. The third-order valence-electron chi connectivity index (χ3n) is 1.33. The summed E-state index contributed by atoms with van der Waals surface area (Å²) in [5.41, 5.74) is 1.33. The Balaban J connectivity index is 0.000000213. The van der Waals surface area contributed by atoms with Crippen LogP contribution in [0.3, 0.4) is 0 Å². The van der Waals surface area contributed by atoms with E-state index in [0.29, 0.717) is 11.0 Å². The molecule has 2 rings (SSSR count). The molecule has 2 aromatic rings. The summed E-state index contributed by atoms with van der Waals surface area (Å²) < 4.78 is 0. The fourth-order valence-electron chi connectivity index (χ4n) is 0.857. The molecule has 0 aliphatic rings. The third-order valence-corrected chi connectivity index (χ3v) is 1.33. The number of hydrogen-bond donors (Lipinski definition) is 2. The van der Waals surface area contributed by atoms with Crippen molar-refractivity contribution in [1.82, 2.24) is 15.2 Å². The number of aliphatic hydroxyl groups is 1. The van der Waals surface area contributed by atoms with Crippen molar-refractivity contribution in [2.75, 3.05) is 0 Å². The highest BCUT2D eigenvalue weighted by atomic mass is 16.5. The van der Waals surface area contributed by atoms with E-state index in [1.807, 2.05) is 12.1 Å². The van der Waals surface area contributed by atoms with E-state index in [9.17, 15) is 0 Å². The molecule has 0 fully saturated rings. The first kappa shape index (κ1) is 10.5. The molecule has 0 amide bonds. The molecule has 0 spiro atoms. The molecule has 1 aromatic carbocycles. The van der Waals surface area contributed by atoms with Gasteiger partial charge in [-0.05, 0) is 31.2 Å². The number of aromatic nitrogens is 3. The second-order valence-corrected chi connectivity index (χ2v) is 3.06. The molecule has 1 aromatic heterocycles. The number of fused-ring (bicyclic) bond motifs is 1. The second-order valence-electron chi connectivity index (χ2n) is 3.06. The molecule has 2 N–H and O–H groups in total. The average Bonchev–Trinajstić information content (AvgIpc) is 2.48. The highest BCUT2D eigenvalue weighted by Gasteiger charge is 1.98. The summed E-state index contributed by atoms with van der Waals surface area (Å²) in [6, 6.07) is 7.19. The Bertz CT molecular complexity index is 395. The summed E-state index contributed by atoms with van der Waals surface area (Å²) >= 11 is 0. The Labute approximate surface area is 81.6 Å². The van der Waals surface area contributed by atoms with E-state index in [0.717, 1.165) is 4.85 Å². The molecule has 5 heteroatoms. The van der Waals surface area contributed by atoms with E-state index in [2.05, 4.69) is 10.3 Å². The smallest absolute Gasteiger partial charge is 0.130 e. The van der Waals surface area contributed by atoms with Gasteiger partial charge in [0.05, 0.1) is 0 Å². The maximum Gasteiger partial charge on any atom is 0.130 e. The molecule has 0 radical (unpaired) electrons. The van der Waals surface area contributed by atoms with Gasteiger partial charge in [-0.15, -0.1) is 5.10 Å². The van der Waals surface area contributed by atoms with Crippen molar-refractivity contribution >= 4 is 11.0 Å². The fraction of sp³-hybridized carbons (Fsp3) is 0.333. The van der Waals surface area contributed by atoms with Gasteiger partial charge in [0.25, 0.3) is 0 Å². The van der Waals surface area contributed by atoms with Crippen molar-refractivity contribution in [2.24, 2.45) is 0 Å². The van der Waals surface area contributed by atoms with Crippen molar-refractivity contribution < 1.29 is 10.3 Å². The van der Waals surface area contributed by atoms with Crippen molar-refractivity contribution in [1.29, 1.82) is 0 Å². The molecule has 1 heterocycles. The van der Waals surface area contributed by atoms with E-state index in [1.165, 1.54) is 0 Å². The summed E-state index contributed by atoms with van der Waals surface area (Å²) in [6.45, 7) is 3.44. The number of benzene rings is 1. The topological polar surface area (TPSA) is 71.2 Å². The number of rotatable bonds is 0. The minimum absolute atomic E-state index is 0.167. The van der Waals surface area contributed by atoms with E-state index in [-0.39, 0.29) is 6.10 Å². The van der Waals surface area contributed by atoms with Crippen LogP contribution >= 0.6 is 0 Å². The molecular weight excluding hydrogens is 182 g/mol. The molecular formula is C9H13N3O2. The Hall–Kier alpha value is -1.62. The minimum atomic E-state index is -0.167. The van der Waals surface area contributed by atoms with Gasteiger partial charge in [-0.3, -0.25) is 0 Å². The maximum atomic E-state index is 8.95. The predicted octanol–water partition coefficient (Wildman–Crippen LogP) is 1.06. The van der Waals surface area contributed by atoms with Crippen LogP contribution in [0.5, 0.6) is 0 Å². The monoisotopic (exact) mass is 195 g/mol. The zero-order valence-electron chi connectivity index (χ0n) is 8.12. The largest absolute Gasteiger partial charge is 0.410 e. The Morgan fingerprint density at radius 2 is 1.86 bits per heavy atom. The molecule has 76 valence electrons. The molecule has 0 unspecified atom stereocenters. The van der Waals surface area contributed by atoms with E-state index in [1.54, 1.807) is 26.0 Å². The van der Waals surface area contributed by atoms with Crippen LogP contribution < -0.4 is 0 Å². The van der Waals surface area contributed by atoms with Crippen LogP contribution in [0.25, 0.3) is 11.0 Å². The Morgan fingerprint density at radius 3 is 2.43 bits per heavy atom. The van der Waals surface area contributed by atoms with Gasteiger partial charge in [-0.1, -0.05) is 17.0 Å². The van der Waals surface area contributed by atoms with Crippen LogP contribution in [0.15, 0.2) is 24.3 Å². The first-order valence-electron chi connectivity index (χ1n) is 4.29. The number of para-hydroxylation sites is 1. The normalized spacial score (nSPS) is 10.0. The van der Waals surface area contributed by atoms with E-state index >= 15 is 0 Å². The van der Waals surface area contributed by atoms with Gasteiger partial charge < -0.3 is 10.3 Å². The molecule has 0 saturated carbocycles. The van der Waals surface area contributed by atoms with Gasteiger partial charge in [0.2, 0.25) is 0 Å². The van der Waals surface area contributed by atoms with Crippen molar-refractivity contribution in [3.05, 3.63) is 24.3 Å². The Kier molecular flexibility index (Phi) is 3.41. The molecule has 0 bridgehead atoms. The summed E-state index contributed by atoms with van der Waals surface area (Å²) in [6.07, 6.45) is -0.167. The van der Waals surface area contributed by atoms with Crippen LogP contribution in [0.1, 0.15) is 13.8 Å². The molecule has 0 aliphatic heterocycles. The molecule has 0 atom stereocenters. The van der Waals surface area contributed by atoms with Crippen LogP contribution in [-0.2, 0) is 0 Å². The second kappa shape index (κ2) is 4.57. The van der Waals surface area contributed by atoms with Crippen LogP contribution in [0.4, 0.5) is 0 Å². The zero-order chi connectivity index (χ0) is 10.6. The molecule has 14 heavy (non-hydrogen) atoms. The van der Waals surface area contributed by atoms with Gasteiger partial charge in [-0.2, -0.15) is 0 Å². The molecule has 0 aliphatic carbocycles. The van der Waals surface area contributed by atoms with Gasteiger partial charge >= 0.3 is 0 Å². The molecule has 0 saturated heterocycles. The van der Waals surface area contributed by atoms with Gasteiger partial charge in [0.15, 0.2) is 0 Å². The highest BCUT2D eigenvalue weighted by Crippen LogP contribution is 2.06. The van der Waals surface area contributed by atoms with Gasteiger partial charge in [-0.25, -0.2) is 0 Å². The number of hydrogen-bond acceptors (Lipinski definition) is 4. The number of nitrogens with zero attached hydrogens (tertiary/aromatic N) is 3. The first-order valence-corrected chi connectivity index (χ1v) is 4.29. The average molecular weight is 195 g/mol. The lowest BCUT2D eigenvalue weighted by atomic mass is 10.3. The zero-order valence-corrected chi connectivity index (χ0v) is 8.12. The lowest BCUT2D eigenvalue weighted by Gasteiger charge is -1.85. The minimum Gasteiger partial charge on any atom is -0.410 e. The highest BCUT2D eigenvalue weighted by molar-refractivity contribution is 5.73. The number of aliphatic hydroxyl groups excluding tert-OH is 1. The first-order chi connectivity index (χ1) is 6.61. The van der Waals surface area contributed by atoms with Gasteiger partial charge in [0, 0.05) is 6.10 Å². The van der Waals surface area contributed by atoms with Crippen LogP contribution in [0.2, 0.25) is 0 Å². The summed E-state index contributed by atoms with van der Waals surface area (Å²) in [7, 11) is 0. The lowest BCUT2D eigenvalue weighted by molar-refractivity contribution is 0.155.